The van der Waals surface area contributed by atoms with Crippen LogP contribution in [0.3, 0.4) is 0 Å². The van der Waals surface area contributed by atoms with Gasteiger partial charge in [-0.2, -0.15) is 0 Å². The van der Waals surface area contributed by atoms with E-state index in [0.29, 0.717) is 12.2 Å². The van der Waals surface area contributed by atoms with Crippen LogP contribution in [0.2, 0.25) is 0 Å². The maximum Gasteiger partial charge on any atom is 0.255 e. The first-order valence-electron chi connectivity index (χ1n) is 6.73. The van der Waals surface area contributed by atoms with Crippen molar-refractivity contribution in [3.8, 4) is 0 Å². The first-order chi connectivity index (χ1) is 9.14. The third kappa shape index (κ3) is 3.44. The molecule has 2 N–H and O–H groups in total. The SMILES string of the molecule is CCNc1ccncc1C(=O)NC1(C)CCCOC1. The van der Waals surface area contributed by atoms with E-state index in [1.54, 1.807) is 12.4 Å². The van der Waals surface area contributed by atoms with Crippen LogP contribution in [0.5, 0.6) is 0 Å². The van der Waals surface area contributed by atoms with Gasteiger partial charge in [0.15, 0.2) is 0 Å². The van der Waals surface area contributed by atoms with Gasteiger partial charge in [-0.05, 0) is 32.8 Å². The normalized spacial score (nSPS) is 22.8. The van der Waals surface area contributed by atoms with Gasteiger partial charge in [0, 0.05) is 25.5 Å². The number of aromatic nitrogens is 1. The minimum absolute atomic E-state index is 0.1000. The highest BCUT2D eigenvalue weighted by Crippen LogP contribution is 2.20. The van der Waals surface area contributed by atoms with E-state index in [2.05, 4.69) is 15.6 Å². The van der Waals surface area contributed by atoms with Crippen LogP contribution in [-0.2, 0) is 4.74 Å². The molecular formula is C14H21N3O2. The summed E-state index contributed by atoms with van der Waals surface area (Å²) in [5.41, 5.74) is 1.11. The Morgan fingerprint density at radius 1 is 1.58 bits per heavy atom. The van der Waals surface area contributed by atoms with Crippen molar-refractivity contribution in [2.45, 2.75) is 32.2 Å². The van der Waals surface area contributed by atoms with E-state index in [4.69, 9.17) is 4.74 Å². The number of carbonyl (C=O) groups is 1. The number of hydrogen-bond acceptors (Lipinski definition) is 4. The summed E-state index contributed by atoms with van der Waals surface area (Å²) in [5, 5.41) is 6.24. The molecule has 0 spiro atoms. The average molecular weight is 263 g/mol. The summed E-state index contributed by atoms with van der Waals surface area (Å²) in [6.45, 7) is 6.13. The van der Waals surface area contributed by atoms with Crippen LogP contribution in [0.1, 0.15) is 37.0 Å². The lowest BCUT2D eigenvalue weighted by molar-refractivity contribution is 0.0273. The van der Waals surface area contributed by atoms with Gasteiger partial charge in [-0.25, -0.2) is 0 Å². The van der Waals surface area contributed by atoms with Crippen molar-refractivity contribution in [1.82, 2.24) is 10.3 Å². The summed E-state index contributed by atoms with van der Waals surface area (Å²) >= 11 is 0. The number of ether oxygens (including phenoxy) is 1. The topological polar surface area (TPSA) is 63.2 Å². The van der Waals surface area contributed by atoms with Gasteiger partial charge < -0.3 is 15.4 Å². The second kappa shape index (κ2) is 6.02. The van der Waals surface area contributed by atoms with Gasteiger partial charge >= 0.3 is 0 Å². The molecule has 1 aliphatic rings. The molecule has 5 nitrogen and oxygen atoms in total. The molecule has 104 valence electrons. The van der Waals surface area contributed by atoms with E-state index >= 15 is 0 Å². The van der Waals surface area contributed by atoms with Crippen molar-refractivity contribution in [2.24, 2.45) is 0 Å². The molecule has 0 aliphatic carbocycles. The Bertz CT molecular complexity index is 442. The molecule has 2 rings (SSSR count). The summed E-state index contributed by atoms with van der Waals surface area (Å²) in [6.07, 6.45) is 5.19. The van der Waals surface area contributed by atoms with E-state index in [9.17, 15) is 4.79 Å². The van der Waals surface area contributed by atoms with Gasteiger partial charge in [0.25, 0.3) is 5.91 Å². The number of hydrogen-bond donors (Lipinski definition) is 2. The maximum atomic E-state index is 12.4. The zero-order valence-electron chi connectivity index (χ0n) is 11.5. The fraction of sp³-hybridized carbons (Fsp3) is 0.571. The van der Waals surface area contributed by atoms with E-state index < -0.39 is 0 Å². The molecule has 2 heterocycles. The molecule has 1 amide bonds. The van der Waals surface area contributed by atoms with E-state index in [1.807, 2.05) is 19.9 Å². The zero-order valence-corrected chi connectivity index (χ0v) is 11.5. The lowest BCUT2D eigenvalue weighted by atomic mass is 9.94. The minimum atomic E-state index is -0.283. The molecule has 19 heavy (non-hydrogen) atoms. The first-order valence-corrected chi connectivity index (χ1v) is 6.73. The lowest BCUT2D eigenvalue weighted by Crippen LogP contribution is -2.51. The van der Waals surface area contributed by atoms with Crippen LogP contribution in [0, 0.1) is 0 Å². The number of pyridine rings is 1. The summed E-state index contributed by atoms with van der Waals surface area (Å²) in [4.78, 5) is 16.4. The second-order valence-corrected chi connectivity index (χ2v) is 5.12. The smallest absolute Gasteiger partial charge is 0.255 e. The highest BCUT2D eigenvalue weighted by atomic mass is 16.5. The van der Waals surface area contributed by atoms with Gasteiger partial charge in [-0.15, -0.1) is 0 Å². The lowest BCUT2D eigenvalue weighted by Gasteiger charge is -2.34. The molecule has 0 saturated carbocycles. The number of anilines is 1. The number of amides is 1. The molecule has 1 fully saturated rings. The molecule has 1 saturated heterocycles. The summed E-state index contributed by atoms with van der Waals surface area (Å²) in [5.74, 6) is -0.1000. The van der Waals surface area contributed by atoms with Crippen LogP contribution in [0.4, 0.5) is 5.69 Å². The maximum absolute atomic E-state index is 12.4. The number of carbonyl (C=O) groups excluding carboxylic acids is 1. The highest BCUT2D eigenvalue weighted by Gasteiger charge is 2.30. The molecular weight excluding hydrogens is 242 g/mol. The van der Waals surface area contributed by atoms with E-state index in [1.165, 1.54) is 0 Å². The predicted octanol–water partition coefficient (Wildman–Crippen LogP) is 1.81. The Morgan fingerprint density at radius 3 is 3.11 bits per heavy atom. The van der Waals surface area contributed by atoms with Crippen molar-refractivity contribution < 1.29 is 9.53 Å². The fourth-order valence-electron chi connectivity index (χ4n) is 2.29. The second-order valence-electron chi connectivity index (χ2n) is 5.12. The summed E-state index contributed by atoms with van der Waals surface area (Å²) in [7, 11) is 0. The molecule has 1 aromatic heterocycles. The Hall–Kier alpha value is -1.62. The van der Waals surface area contributed by atoms with Crippen molar-refractivity contribution >= 4 is 11.6 Å². The predicted molar refractivity (Wildman–Crippen MR) is 74.3 cm³/mol. The minimum Gasteiger partial charge on any atom is -0.385 e. The van der Waals surface area contributed by atoms with Crippen LogP contribution < -0.4 is 10.6 Å². The number of rotatable bonds is 4. The van der Waals surface area contributed by atoms with Crippen molar-refractivity contribution in [1.29, 1.82) is 0 Å². The average Bonchev–Trinajstić information content (AvgIpc) is 2.40. The molecule has 5 heteroatoms. The highest BCUT2D eigenvalue weighted by molar-refractivity contribution is 5.99. The van der Waals surface area contributed by atoms with Gasteiger partial charge in [0.05, 0.1) is 23.4 Å². The summed E-state index contributed by atoms with van der Waals surface area (Å²) in [6, 6.07) is 1.82. The molecule has 1 aromatic rings. The number of nitrogens with one attached hydrogen (secondary N) is 2. The third-order valence-electron chi connectivity index (χ3n) is 3.29. The molecule has 0 bridgehead atoms. The standard InChI is InChI=1S/C14H21N3O2/c1-3-16-12-5-7-15-9-11(12)13(18)17-14(2)6-4-8-19-10-14/h5,7,9H,3-4,6,8,10H2,1-2H3,(H,15,16)(H,17,18). The Morgan fingerprint density at radius 2 is 2.42 bits per heavy atom. The van der Waals surface area contributed by atoms with Crippen molar-refractivity contribution in [2.75, 3.05) is 25.1 Å². The van der Waals surface area contributed by atoms with Gasteiger partial charge in [0.1, 0.15) is 0 Å². The largest absolute Gasteiger partial charge is 0.385 e. The monoisotopic (exact) mass is 263 g/mol. The zero-order chi connectivity index (χ0) is 13.7. The fourth-order valence-corrected chi connectivity index (χ4v) is 2.29. The first kappa shape index (κ1) is 13.8. The van der Waals surface area contributed by atoms with Crippen LogP contribution >= 0.6 is 0 Å². The third-order valence-corrected chi connectivity index (χ3v) is 3.29. The molecule has 1 aliphatic heterocycles. The van der Waals surface area contributed by atoms with Gasteiger partial charge in [-0.1, -0.05) is 0 Å². The molecule has 1 atom stereocenters. The quantitative estimate of drug-likeness (QED) is 0.869. The van der Waals surface area contributed by atoms with Crippen LogP contribution in [0.15, 0.2) is 18.5 Å². The van der Waals surface area contributed by atoms with Crippen LogP contribution in [0.25, 0.3) is 0 Å². The van der Waals surface area contributed by atoms with Gasteiger partial charge in [0.2, 0.25) is 0 Å². The molecule has 0 aromatic carbocycles. The van der Waals surface area contributed by atoms with Crippen molar-refractivity contribution in [3.63, 3.8) is 0 Å². The Labute approximate surface area is 113 Å². The molecule has 1 unspecified atom stereocenters. The molecule has 0 radical (unpaired) electrons. The number of nitrogens with zero attached hydrogens (tertiary/aromatic N) is 1. The van der Waals surface area contributed by atoms with Crippen molar-refractivity contribution in [3.05, 3.63) is 24.0 Å². The van der Waals surface area contributed by atoms with E-state index in [-0.39, 0.29) is 11.4 Å². The van der Waals surface area contributed by atoms with E-state index in [0.717, 1.165) is 31.7 Å². The Balaban J connectivity index is 2.11. The Kier molecular flexibility index (Phi) is 4.37. The summed E-state index contributed by atoms with van der Waals surface area (Å²) < 4.78 is 5.45. The van der Waals surface area contributed by atoms with Gasteiger partial charge in [-0.3, -0.25) is 9.78 Å². The van der Waals surface area contributed by atoms with Crippen LogP contribution in [-0.4, -0.2) is 36.2 Å².